The predicted molar refractivity (Wildman–Crippen MR) is 63.3 cm³/mol. The van der Waals surface area contributed by atoms with Crippen molar-refractivity contribution < 1.29 is 34.7 Å². The number of likely N-dealkylation sites (N-methyl/N-ethyl adjacent to an activating group) is 1. The maximum absolute atomic E-state index is 11.6. The topological polar surface area (TPSA) is 120 Å². The van der Waals surface area contributed by atoms with Crippen LogP contribution in [0.2, 0.25) is 0 Å². The molecule has 0 radical (unpaired) electrons. The molecule has 0 saturated heterocycles. The molecule has 19 heavy (non-hydrogen) atoms. The van der Waals surface area contributed by atoms with Gasteiger partial charge in [-0.2, -0.15) is 0 Å². The van der Waals surface area contributed by atoms with Gasteiger partial charge in [-0.15, -0.1) is 0 Å². The molecule has 0 amide bonds. The Hall–Kier alpha value is -0.770. The van der Waals surface area contributed by atoms with Crippen molar-refractivity contribution in [3.8, 4) is 0 Å². The minimum absolute atomic E-state index is 0.0194. The molecular weight excluding hydrogens is 258 g/mol. The minimum atomic E-state index is -1.61. The van der Waals surface area contributed by atoms with E-state index in [1.807, 2.05) is 0 Å². The van der Waals surface area contributed by atoms with Crippen molar-refractivity contribution in [2.75, 3.05) is 27.7 Å². The summed E-state index contributed by atoms with van der Waals surface area (Å²) in [5, 5.41) is 38.7. The summed E-state index contributed by atoms with van der Waals surface area (Å²) in [5.41, 5.74) is 0. The average Bonchev–Trinajstić information content (AvgIpc) is 2.33. The molecule has 4 N–H and O–H groups in total. The summed E-state index contributed by atoms with van der Waals surface area (Å²) in [6, 6.07) is 0. The lowest BCUT2D eigenvalue weighted by molar-refractivity contribution is -0.239. The van der Waals surface area contributed by atoms with Gasteiger partial charge in [0.15, 0.2) is 6.10 Å². The maximum Gasteiger partial charge on any atom is 0.320 e. The molecule has 0 spiro atoms. The van der Waals surface area contributed by atoms with Crippen LogP contribution in [0, 0.1) is 0 Å². The lowest BCUT2D eigenvalue weighted by atomic mass is 9.84. The van der Waals surface area contributed by atoms with Crippen LogP contribution in [0.3, 0.4) is 0 Å². The average molecular weight is 279 g/mol. The number of carbonyl (C=O) groups is 1. The van der Waals surface area contributed by atoms with Crippen LogP contribution in [0.4, 0.5) is 0 Å². The molecule has 1 saturated carbocycles. The summed E-state index contributed by atoms with van der Waals surface area (Å²) in [4.78, 5) is 13.1. The van der Waals surface area contributed by atoms with Gasteiger partial charge in [0.2, 0.25) is 0 Å². The Morgan fingerprint density at radius 2 is 1.47 bits per heavy atom. The van der Waals surface area contributed by atoms with Gasteiger partial charge < -0.3 is 29.9 Å². The Kier molecular flexibility index (Phi) is 5.65. The van der Waals surface area contributed by atoms with E-state index in [1.54, 1.807) is 19.0 Å². The molecule has 1 fully saturated rings. The van der Waals surface area contributed by atoms with Gasteiger partial charge >= 0.3 is 5.97 Å². The lowest BCUT2D eigenvalue weighted by Crippen LogP contribution is -2.65. The molecule has 0 heterocycles. The van der Waals surface area contributed by atoms with Gasteiger partial charge in [0, 0.05) is 7.11 Å². The van der Waals surface area contributed by atoms with E-state index in [0.29, 0.717) is 0 Å². The molecular formula is C11H21NO7. The zero-order valence-electron chi connectivity index (χ0n) is 11.1. The third kappa shape index (κ3) is 3.62. The molecule has 0 aromatic carbocycles. The SMILES string of the molecule is COC1C(O)C(O)C(O)C(O)C1OC(=O)CN(C)C. The number of aliphatic hydroxyl groups is 4. The molecule has 1 rings (SSSR count). The fraction of sp³-hybridized carbons (Fsp3) is 0.909. The highest BCUT2D eigenvalue weighted by Gasteiger charge is 2.51. The number of hydrogen-bond acceptors (Lipinski definition) is 8. The molecule has 8 nitrogen and oxygen atoms in total. The second-order valence-corrected chi connectivity index (χ2v) is 4.85. The number of nitrogens with zero attached hydrogens (tertiary/aromatic N) is 1. The van der Waals surface area contributed by atoms with Crippen LogP contribution in [0.5, 0.6) is 0 Å². The quantitative estimate of drug-likeness (QED) is 0.400. The molecule has 1 aliphatic rings. The van der Waals surface area contributed by atoms with E-state index in [4.69, 9.17) is 9.47 Å². The minimum Gasteiger partial charge on any atom is -0.456 e. The molecule has 112 valence electrons. The summed E-state index contributed by atoms with van der Waals surface area (Å²) in [5.74, 6) is -0.633. The summed E-state index contributed by atoms with van der Waals surface area (Å²) in [7, 11) is 4.58. The third-order valence-electron chi connectivity index (χ3n) is 3.03. The van der Waals surface area contributed by atoms with Crippen LogP contribution in [-0.4, -0.2) is 95.7 Å². The largest absolute Gasteiger partial charge is 0.456 e. The second kappa shape index (κ2) is 6.60. The van der Waals surface area contributed by atoms with Crippen LogP contribution in [0.1, 0.15) is 0 Å². The molecule has 6 atom stereocenters. The highest BCUT2D eigenvalue weighted by atomic mass is 16.6. The maximum atomic E-state index is 11.6. The fourth-order valence-electron chi connectivity index (χ4n) is 2.04. The number of rotatable bonds is 4. The van der Waals surface area contributed by atoms with E-state index in [1.165, 1.54) is 7.11 Å². The van der Waals surface area contributed by atoms with E-state index in [0.717, 1.165) is 0 Å². The first-order valence-electron chi connectivity index (χ1n) is 5.88. The normalized spacial score (nSPS) is 39.4. The van der Waals surface area contributed by atoms with Crippen molar-refractivity contribution in [1.82, 2.24) is 4.90 Å². The van der Waals surface area contributed by atoms with Gasteiger partial charge in [-0.3, -0.25) is 9.69 Å². The van der Waals surface area contributed by atoms with E-state index >= 15 is 0 Å². The van der Waals surface area contributed by atoms with Gasteiger partial charge in [0.25, 0.3) is 0 Å². The van der Waals surface area contributed by atoms with Crippen LogP contribution < -0.4 is 0 Å². The Morgan fingerprint density at radius 3 is 1.89 bits per heavy atom. The Bertz CT molecular complexity index is 311. The Balaban J connectivity index is 2.80. The van der Waals surface area contributed by atoms with E-state index in [2.05, 4.69) is 0 Å². The molecule has 0 bridgehead atoms. The Morgan fingerprint density at radius 1 is 1.00 bits per heavy atom. The third-order valence-corrected chi connectivity index (χ3v) is 3.03. The first kappa shape index (κ1) is 16.3. The van der Waals surface area contributed by atoms with Crippen molar-refractivity contribution in [3.63, 3.8) is 0 Å². The van der Waals surface area contributed by atoms with Crippen LogP contribution in [0.25, 0.3) is 0 Å². The molecule has 0 aliphatic heterocycles. The first-order chi connectivity index (χ1) is 8.79. The molecule has 1 aliphatic carbocycles. The van der Waals surface area contributed by atoms with Crippen LogP contribution in [0.15, 0.2) is 0 Å². The van der Waals surface area contributed by atoms with Gasteiger partial charge in [0.05, 0.1) is 6.54 Å². The lowest BCUT2D eigenvalue weighted by Gasteiger charge is -2.42. The molecule has 0 aromatic heterocycles. The van der Waals surface area contributed by atoms with Gasteiger partial charge in [-0.05, 0) is 14.1 Å². The first-order valence-corrected chi connectivity index (χ1v) is 5.88. The summed E-state index contributed by atoms with van der Waals surface area (Å²) >= 11 is 0. The zero-order valence-corrected chi connectivity index (χ0v) is 11.1. The number of hydrogen-bond donors (Lipinski definition) is 4. The highest BCUT2D eigenvalue weighted by molar-refractivity contribution is 5.71. The molecule has 8 heteroatoms. The number of aliphatic hydroxyl groups excluding tert-OH is 4. The van der Waals surface area contributed by atoms with Crippen molar-refractivity contribution in [2.24, 2.45) is 0 Å². The fourth-order valence-corrected chi connectivity index (χ4v) is 2.04. The van der Waals surface area contributed by atoms with Crippen molar-refractivity contribution in [2.45, 2.75) is 36.6 Å². The zero-order chi connectivity index (χ0) is 14.7. The van der Waals surface area contributed by atoms with Crippen molar-refractivity contribution in [1.29, 1.82) is 0 Å². The second-order valence-electron chi connectivity index (χ2n) is 4.85. The van der Waals surface area contributed by atoms with Crippen molar-refractivity contribution in [3.05, 3.63) is 0 Å². The van der Waals surface area contributed by atoms with Gasteiger partial charge in [-0.1, -0.05) is 0 Å². The van der Waals surface area contributed by atoms with Gasteiger partial charge in [0.1, 0.15) is 30.5 Å². The summed E-state index contributed by atoms with van der Waals surface area (Å²) < 4.78 is 9.96. The monoisotopic (exact) mass is 279 g/mol. The van der Waals surface area contributed by atoms with Crippen LogP contribution >= 0.6 is 0 Å². The van der Waals surface area contributed by atoms with E-state index < -0.39 is 42.6 Å². The predicted octanol–water partition coefficient (Wildman–Crippen LogP) is -3.07. The van der Waals surface area contributed by atoms with E-state index in [-0.39, 0.29) is 6.54 Å². The smallest absolute Gasteiger partial charge is 0.320 e. The number of methoxy groups -OCH3 is 1. The van der Waals surface area contributed by atoms with Crippen molar-refractivity contribution >= 4 is 5.97 Å². The number of esters is 1. The molecule has 0 aromatic rings. The highest BCUT2D eigenvalue weighted by Crippen LogP contribution is 2.25. The Labute approximate surface area is 111 Å². The number of carbonyl (C=O) groups excluding carboxylic acids is 1. The van der Waals surface area contributed by atoms with Gasteiger partial charge in [-0.25, -0.2) is 0 Å². The number of ether oxygens (including phenoxy) is 2. The van der Waals surface area contributed by atoms with E-state index in [9.17, 15) is 25.2 Å². The molecule has 6 unspecified atom stereocenters. The summed E-state index contributed by atoms with van der Waals surface area (Å²) in [6.45, 7) is -0.0194. The standard InChI is InChI=1S/C11H21NO7/c1-12(2)4-5(13)19-11-9(17)7(15)6(14)8(16)10(11)18-3/h6-11,14-17H,4H2,1-3H3. The summed E-state index contributed by atoms with van der Waals surface area (Å²) in [6.07, 6.45) is -8.53. The van der Waals surface area contributed by atoms with Crippen LogP contribution in [-0.2, 0) is 14.3 Å².